The SMILES string of the molecule is Cc1cc(C(=O)Nc2cccc(F)c2F)ccc1NN. The first-order chi connectivity index (χ1) is 9.52. The van der Waals surface area contributed by atoms with Gasteiger partial charge in [0.1, 0.15) is 0 Å². The van der Waals surface area contributed by atoms with Gasteiger partial charge in [-0.3, -0.25) is 10.6 Å². The van der Waals surface area contributed by atoms with Gasteiger partial charge in [-0.05, 0) is 42.8 Å². The summed E-state index contributed by atoms with van der Waals surface area (Å²) in [5.41, 5.74) is 4.05. The Morgan fingerprint density at radius 1 is 1.15 bits per heavy atom. The Balaban J connectivity index is 2.24. The maximum Gasteiger partial charge on any atom is 0.255 e. The maximum atomic E-state index is 13.5. The number of anilines is 2. The Kier molecular flexibility index (Phi) is 3.95. The quantitative estimate of drug-likeness (QED) is 0.597. The van der Waals surface area contributed by atoms with E-state index >= 15 is 0 Å². The standard InChI is InChI=1S/C14H13F2N3O/c1-8-7-9(5-6-11(8)19-17)14(20)18-12-4-2-3-10(15)13(12)16/h2-7,19H,17H2,1H3,(H,18,20). The fraction of sp³-hybridized carbons (Fsp3) is 0.0714. The van der Waals surface area contributed by atoms with E-state index in [0.717, 1.165) is 11.6 Å². The van der Waals surface area contributed by atoms with Gasteiger partial charge < -0.3 is 10.7 Å². The highest BCUT2D eigenvalue weighted by Crippen LogP contribution is 2.19. The summed E-state index contributed by atoms with van der Waals surface area (Å²) >= 11 is 0. The number of nitrogen functional groups attached to an aromatic ring is 1. The average molecular weight is 277 g/mol. The summed E-state index contributed by atoms with van der Waals surface area (Å²) in [6.45, 7) is 1.77. The minimum absolute atomic E-state index is 0.200. The molecule has 4 N–H and O–H groups in total. The number of aryl methyl sites for hydroxylation is 1. The Hall–Kier alpha value is -2.47. The van der Waals surface area contributed by atoms with E-state index in [2.05, 4.69) is 10.7 Å². The zero-order valence-electron chi connectivity index (χ0n) is 10.7. The van der Waals surface area contributed by atoms with Crippen molar-refractivity contribution in [3.63, 3.8) is 0 Å². The molecule has 0 aromatic heterocycles. The highest BCUT2D eigenvalue weighted by atomic mass is 19.2. The van der Waals surface area contributed by atoms with Crippen LogP contribution < -0.4 is 16.6 Å². The fourth-order valence-corrected chi connectivity index (χ4v) is 1.76. The van der Waals surface area contributed by atoms with Gasteiger partial charge in [0.05, 0.1) is 11.4 Å². The molecule has 104 valence electrons. The molecule has 2 aromatic rings. The second-order valence-electron chi connectivity index (χ2n) is 4.23. The monoisotopic (exact) mass is 277 g/mol. The van der Waals surface area contributed by atoms with Crippen molar-refractivity contribution in [1.82, 2.24) is 0 Å². The second-order valence-corrected chi connectivity index (χ2v) is 4.23. The molecule has 0 saturated carbocycles. The summed E-state index contributed by atoms with van der Waals surface area (Å²) in [4.78, 5) is 12.0. The average Bonchev–Trinajstić information content (AvgIpc) is 2.43. The van der Waals surface area contributed by atoms with E-state index in [1.165, 1.54) is 18.2 Å². The molecule has 0 atom stereocenters. The van der Waals surface area contributed by atoms with Crippen LogP contribution in [0.1, 0.15) is 15.9 Å². The lowest BCUT2D eigenvalue weighted by atomic mass is 10.1. The predicted octanol–water partition coefficient (Wildman–Crippen LogP) is 2.81. The van der Waals surface area contributed by atoms with E-state index in [-0.39, 0.29) is 5.69 Å². The number of nitrogens with two attached hydrogens (primary N) is 1. The molecule has 0 heterocycles. The van der Waals surface area contributed by atoms with Gasteiger partial charge >= 0.3 is 0 Å². The number of hydrogen-bond acceptors (Lipinski definition) is 3. The Bertz CT molecular complexity index is 659. The van der Waals surface area contributed by atoms with Crippen LogP contribution in [0.2, 0.25) is 0 Å². The minimum Gasteiger partial charge on any atom is -0.324 e. The molecule has 2 rings (SSSR count). The van der Waals surface area contributed by atoms with Crippen LogP contribution in [-0.2, 0) is 0 Å². The number of rotatable bonds is 3. The van der Waals surface area contributed by atoms with Crippen molar-refractivity contribution in [3.8, 4) is 0 Å². The summed E-state index contributed by atoms with van der Waals surface area (Å²) < 4.78 is 26.5. The molecule has 0 fully saturated rings. The first kappa shape index (κ1) is 14.0. The molecule has 0 aliphatic heterocycles. The molecule has 0 spiro atoms. The summed E-state index contributed by atoms with van der Waals surface area (Å²) in [5, 5.41) is 2.33. The molecule has 0 aliphatic carbocycles. The number of carbonyl (C=O) groups is 1. The molecular weight excluding hydrogens is 264 g/mol. The van der Waals surface area contributed by atoms with Crippen LogP contribution in [0.15, 0.2) is 36.4 Å². The molecule has 0 bridgehead atoms. The van der Waals surface area contributed by atoms with Gasteiger partial charge in [0.2, 0.25) is 0 Å². The summed E-state index contributed by atoms with van der Waals surface area (Å²) in [6, 6.07) is 8.36. The van der Waals surface area contributed by atoms with Gasteiger partial charge in [-0.1, -0.05) is 6.07 Å². The van der Waals surface area contributed by atoms with Crippen molar-refractivity contribution in [2.75, 3.05) is 10.7 Å². The lowest BCUT2D eigenvalue weighted by Crippen LogP contribution is -2.14. The van der Waals surface area contributed by atoms with Crippen LogP contribution in [-0.4, -0.2) is 5.91 Å². The molecule has 6 heteroatoms. The van der Waals surface area contributed by atoms with E-state index in [4.69, 9.17) is 5.84 Å². The number of amides is 1. The van der Waals surface area contributed by atoms with Crippen molar-refractivity contribution in [3.05, 3.63) is 59.2 Å². The minimum atomic E-state index is -1.09. The zero-order valence-corrected chi connectivity index (χ0v) is 10.7. The van der Waals surface area contributed by atoms with Crippen LogP contribution in [0.3, 0.4) is 0 Å². The molecule has 0 unspecified atom stereocenters. The molecule has 0 aliphatic rings. The predicted molar refractivity (Wildman–Crippen MR) is 73.3 cm³/mol. The van der Waals surface area contributed by atoms with E-state index < -0.39 is 17.5 Å². The number of hydrazine groups is 1. The van der Waals surface area contributed by atoms with Gasteiger partial charge in [-0.2, -0.15) is 0 Å². The van der Waals surface area contributed by atoms with E-state index in [0.29, 0.717) is 11.3 Å². The molecule has 4 nitrogen and oxygen atoms in total. The van der Waals surface area contributed by atoms with Crippen LogP contribution in [0, 0.1) is 18.6 Å². The molecule has 0 saturated heterocycles. The Morgan fingerprint density at radius 3 is 2.55 bits per heavy atom. The van der Waals surface area contributed by atoms with Crippen LogP contribution in [0.25, 0.3) is 0 Å². The van der Waals surface area contributed by atoms with Gasteiger partial charge in [0.25, 0.3) is 5.91 Å². The van der Waals surface area contributed by atoms with E-state index in [1.807, 2.05) is 0 Å². The normalized spacial score (nSPS) is 10.2. The van der Waals surface area contributed by atoms with Gasteiger partial charge in [-0.15, -0.1) is 0 Å². The summed E-state index contributed by atoms with van der Waals surface area (Å²) in [6.07, 6.45) is 0. The zero-order chi connectivity index (χ0) is 14.7. The smallest absolute Gasteiger partial charge is 0.255 e. The molecule has 1 amide bonds. The van der Waals surface area contributed by atoms with Gasteiger partial charge in [0, 0.05) is 5.56 Å². The molecule has 20 heavy (non-hydrogen) atoms. The maximum absolute atomic E-state index is 13.5. The van der Waals surface area contributed by atoms with E-state index in [1.54, 1.807) is 19.1 Å². The summed E-state index contributed by atoms with van der Waals surface area (Å²) in [7, 11) is 0. The first-order valence-corrected chi connectivity index (χ1v) is 5.85. The summed E-state index contributed by atoms with van der Waals surface area (Å²) in [5.74, 6) is 2.67. The van der Waals surface area contributed by atoms with Crippen LogP contribution in [0.5, 0.6) is 0 Å². The highest BCUT2D eigenvalue weighted by Gasteiger charge is 2.12. The van der Waals surface area contributed by atoms with Crippen molar-refractivity contribution >= 4 is 17.3 Å². The third-order valence-electron chi connectivity index (χ3n) is 2.84. The van der Waals surface area contributed by atoms with Crippen LogP contribution >= 0.6 is 0 Å². The van der Waals surface area contributed by atoms with E-state index in [9.17, 15) is 13.6 Å². The lowest BCUT2D eigenvalue weighted by molar-refractivity contribution is 0.102. The number of hydrogen-bond donors (Lipinski definition) is 3. The topological polar surface area (TPSA) is 67.2 Å². The Morgan fingerprint density at radius 2 is 1.90 bits per heavy atom. The molecular formula is C14H13F2N3O. The lowest BCUT2D eigenvalue weighted by Gasteiger charge is -2.09. The van der Waals surface area contributed by atoms with Gasteiger partial charge in [0.15, 0.2) is 11.6 Å². The second kappa shape index (κ2) is 5.66. The first-order valence-electron chi connectivity index (χ1n) is 5.85. The van der Waals surface area contributed by atoms with Crippen molar-refractivity contribution in [2.45, 2.75) is 6.92 Å². The number of carbonyl (C=O) groups excluding carboxylic acids is 1. The fourth-order valence-electron chi connectivity index (χ4n) is 1.76. The number of benzene rings is 2. The number of nitrogens with one attached hydrogen (secondary N) is 2. The third kappa shape index (κ3) is 2.75. The van der Waals surface area contributed by atoms with Crippen LogP contribution in [0.4, 0.5) is 20.2 Å². The number of halogens is 2. The highest BCUT2D eigenvalue weighted by molar-refractivity contribution is 6.04. The largest absolute Gasteiger partial charge is 0.324 e. The van der Waals surface area contributed by atoms with Crippen molar-refractivity contribution in [1.29, 1.82) is 0 Å². The Labute approximate surface area is 114 Å². The van der Waals surface area contributed by atoms with Gasteiger partial charge in [-0.25, -0.2) is 8.78 Å². The van der Waals surface area contributed by atoms with Crippen molar-refractivity contribution < 1.29 is 13.6 Å². The molecule has 2 aromatic carbocycles. The molecule has 0 radical (unpaired) electrons. The third-order valence-corrected chi connectivity index (χ3v) is 2.84. The van der Waals surface area contributed by atoms with Crippen molar-refractivity contribution in [2.24, 2.45) is 5.84 Å².